The van der Waals surface area contributed by atoms with Gasteiger partial charge in [-0.05, 0) is 31.4 Å². The number of hydrogen-bond acceptors (Lipinski definition) is 2. The zero-order chi connectivity index (χ0) is 13.1. The summed E-state index contributed by atoms with van der Waals surface area (Å²) in [5.74, 6) is 0.812. The molecule has 1 aromatic heterocycles. The zero-order valence-corrected chi connectivity index (χ0v) is 13.1. The molecule has 0 radical (unpaired) electrons. The van der Waals surface area contributed by atoms with Crippen molar-refractivity contribution < 1.29 is 0 Å². The van der Waals surface area contributed by atoms with Crippen molar-refractivity contribution in [3.8, 4) is 11.4 Å². The lowest BCUT2D eigenvalue weighted by molar-refractivity contribution is 0.976. The first-order valence-electron chi connectivity index (χ1n) is 6.10. The summed E-state index contributed by atoms with van der Waals surface area (Å²) in [6.07, 6.45) is 2.99. The van der Waals surface area contributed by atoms with Crippen LogP contribution in [0.15, 0.2) is 30.5 Å². The average molecular weight is 352 g/mol. The third-order valence-corrected chi connectivity index (χ3v) is 3.39. The van der Waals surface area contributed by atoms with Gasteiger partial charge >= 0.3 is 0 Å². The number of hydrogen-bond donors (Lipinski definition) is 0. The van der Waals surface area contributed by atoms with Crippen molar-refractivity contribution in [2.24, 2.45) is 0 Å². The number of halogens is 1. The van der Waals surface area contributed by atoms with Gasteiger partial charge in [-0.1, -0.05) is 53.8 Å². The molecule has 18 heavy (non-hydrogen) atoms. The maximum atomic E-state index is 4.52. The van der Waals surface area contributed by atoms with E-state index < -0.39 is 0 Å². The van der Waals surface area contributed by atoms with Gasteiger partial charge in [-0.3, -0.25) is 0 Å². The van der Waals surface area contributed by atoms with E-state index in [1.54, 1.807) is 0 Å². The molecule has 0 aliphatic rings. The molecule has 2 nitrogen and oxygen atoms in total. The Hall–Kier alpha value is -0.970. The monoisotopic (exact) mass is 352 g/mol. The molecule has 0 spiro atoms. The Bertz CT molecular complexity index is 533. The van der Waals surface area contributed by atoms with Crippen LogP contribution in [0.5, 0.6) is 0 Å². The van der Waals surface area contributed by atoms with Gasteiger partial charge in [0.25, 0.3) is 0 Å². The molecular formula is C15H17IN2. The highest BCUT2D eigenvalue weighted by Gasteiger charge is 2.04. The Morgan fingerprint density at radius 2 is 1.83 bits per heavy atom. The van der Waals surface area contributed by atoms with Crippen LogP contribution in [0.2, 0.25) is 0 Å². The molecule has 1 atom stereocenters. The van der Waals surface area contributed by atoms with E-state index in [9.17, 15) is 0 Å². The SMILES string of the molecule is Cc1cnc(-c2ccc(CC(C)I)cc2)nc1C. The van der Waals surface area contributed by atoms with E-state index in [0.29, 0.717) is 3.92 Å². The molecule has 0 aliphatic carbocycles. The van der Waals surface area contributed by atoms with E-state index in [4.69, 9.17) is 0 Å². The van der Waals surface area contributed by atoms with Gasteiger partial charge in [0.2, 0.25) is 0 Å². The molecule has 2 aromatic rings. The Kier molecular flexibility index (Phi) is 4.32. The van der Waals surface area contributed by atoms with Gasteiger partial charge in [-0.15, -0.1) is 0 Å². The minimum absolute atomic E-state index is 0.659. The number of rotatable bonds is 3. The van der Waals surface area contributed by atoms with Crippen molar-refractivity contribution in [1.29, 1.82) is 0 Å². The molecule has 0 bridgehead atoms. The number of benzene rings is 1. The molecule has 1 aromatic carbocycles. The fourth-order valence-electron chi connectivity index (χ4n) is 1.78. The van der Waals surface area contributed by atoms with Crippen molar-refractivity contribution in [3.05, 3.63) is 47.3 Å². The van der Waals surface area contributed by atoms with E-state index in [0.717, 1.165) is 29.1 Å². The highest BCUT2D eigenvalue weighted by Crippen LogP contribution is 2.18. The van der Waals surface area contributed by atoms with E-state index in [1.807, 2.05) is 20.0 Å². The first kappa shape index (κ1) is 13.5. The molecule has 0 amide bonds. The minimum Gasteiger partial charge on any atom is -0.236 e. The summed E-state index contributed by atoms with van der Waals surface area (Å²) >= 11 is 2.45. The molecule has 1 unspecified atom stereocenters. The lowest BCUT2D eigenvalue weighted by Crippen LogP contribution is -1.97. The molecule has 0 N–H and O–H groups in total. The van der Waals surface area contributed by atoms with E-state index >= 15 is 0 Å². The van der Waals surface area contributed by atoms with Crippen LogP contribution in [-0.2, 0) is 6.42 Å². The van der Waals surface area contributed by atoms with Gasteiger partial charge in [-0.25, -0.2) is 9.97 Å². The molecule has 0 saturated heterocycles. The third kappa shape index (κ3) is 3.28. The molecule has 0 fully saturated rings. The Labute approximate surface area is 122 Å². The van der Waals surface area contributed by atoms with Gasteiger partial charge in [0, 0.05) is 21.4 Å². The Morgan fingerprint density at radius 3 is 2.39 bits per heavy atom. The van der Waals surface area contributed by atoms with Crippen LogP contribution >= 0.6 is 22.6 Å². The van der Waals surface area contributed by atoms with Crippen molar-refractivity contribution in [3.63, 3.8) is 0 Å². The van der Waals surface area contributed by atoms with Crippen LogP contribution in [0.25, 0.3) is 11.4 Å². The first-order chi connectivity index (χ1) is 8.56. The zero-order valence-electron chi connectivity index (χ0n) is 10.9. The summed E-state index contributed by atoms with van der Waals surface area (Å²) < 4.78 is 0.659. The fourth-order valence-corrected chi connectivity index (χ4v) is 2.29. The van der Waals surface area contributed by atoms with Gasteiger partial charge in [0.15, 0.2) is 5.82 Å². The van der Waals surface area contributed by atoms with Crippen molar-refractivity contribution in [2.45, 2.75) is 31.1 Å². The molecule has 3 heteroatoms. The van der Waals surface area contributed by atoms with Gasteiger partial charge < -0.3 is 0 Å². The first-order valence-corrected chi connectivity index (χ1v) is 7.34. The van der Waals surface area contributed by atoms with Crippen LogP contribution in [-0.4, -0.2) is 13.9 Å². The Morgan fingerprint density at radius 1 is 1.17 bits per heavy atom. The lowest BCUT2D eigenvalue weighted by atomic mass is 10.1. The highest BCUT2D eigenvalue weighted by atomic mass is 127. The summed E-state index contributed by atoms with van der Waals surface area (Å²) in [6.45, 7) is 6.28. The third-order valence-electron chi connectivity index (χ3n) is 2.95. The van der Waals surface area contributed by atoms with Crippen molar-refractivity contribution in [2.75, 3.05) is 0 Å². The molecule has 1 heterocycles. The standard InChI is InChI=1S/C15H17IN2/c1-10-9-17-15(18-12(10)3)14-6-4-13(5-7-14)8-11(2)16/h4-7,9,11H,8H2,1-3H3. The fraction of sp³-hybridized carbons (Fsp3) is 0.333. The summed E-state index contributed by atoms with van der Waals surface area (Å²) in [4.78, 5) is 8.91. The number of alkyl halides is 1. The second kappa shape index (κ2) is 5.78. The van der Waals surface area contributed by atoms with Crippen LogP contribution in [0.3, 0.4) is 0 Å². The summed E-state index contributed by atoms with van der Waals surface area (Å²) in [7, 11) is 0. The van der Waals surface area contributed by atoms with Crippen molar-refractivity contribution in [1.82, 2.24) is 9.97 Å². The normalized spacial score (nSPS) is 12.4. The van der Waals surface area contributed by atoms with E-state index in [-0.39, 0.29) is 0 Å². The van der Waals surface area contributed by atoms with Gasteiger partial charge in [-0.2, -0.15) is 0 Å². The lowest BCUT2D eigenvalue weighted by Gasteiger charge is -2.06. The molecule has 94 valence electrons. The van der Waals surface area contributed by atoms with Crippen LogP contribution in [0.4, 0.5) is 0 Å². The van der Waals surface area contributed by atoms with E-state index in [2.05, 4.69) is 63.7 Å². The minimum atomic E-state index is 0.659. The molecular weight excluding hydrogens is 335 g/mol. The predicted octanol–water partition coefficient (Wildman–Crippen LogP) is 4.13. The quantitative estimate of drug-likeness (QED) is 0.613. The van der Waals surface area contributed by atoms with E-state index in [1.165, 1.54) is 5.56 Å². The number of aromatic nitrogens is 2. The summed E-state index contributed by atoms with van der Waals surface area (Å²) in [6, 6.07) is 8.56. The van der Waals surface area contributed by atoms with Crippen LogP contribution < -0.4 is 0 Å². The Balaban J connectivity index is 2.25. The second-order valence-corrected chi connectivity index (χ2v) is 6.77. The smallest absolute Gasteiger partial charge is 0.159 e. The van der Waals surface area contributed by atoms with Gasteiger partial charge in [0.05, 0.1) is 0 Å². The van der Waals surface area contributed by atoms with Gasteiger partial charge in [0.1, 0.15) is 0 Å². The summed E-state index contributed by atoms with van der Waals surface area (Å²) in [5.41, 5.74) is 4.63. The second-order valence-electron chi connectivity index (χ2n) is 4.64. The molecule has 0 aliphatic heterocycles. The largest absolute Gasteiger partial charge is 0.236 e. The molecule has 0 saturated carbocycles. The maximum Gasteiger partial charge on any atom is 0.159 e. The summed E-state index contributed by atoms with van der Waals surface area (Å²) in [5, 5.41) is 0. The maximum absolute atomic E-state index is 4.52. The number of aryl methyl sites for hydroxylation is 2. The van der Waals surface area contributed by atoms with Crippen LogP contribution in [0.1, 0.15) is 23.7 Å². The highest BCUT2D eigenvalue weighted by molar-refractivity contribution is 14.1. The van der Waals surface area contributed by atoms with Crippen LogP contribution in [0, 0.1) is 13.8 Å². The number of nitrogens with zero attached hydrogens (tertiary/aromatic N) is 2. The van der Waals surface area contributed by atoms with Crippen molar-refractivity contribution >= 4 is 22.6 Å². The predicted molar refractivity (Wildman–Crippen MR) is 84.1 cm³/mol. The average Bonchev–Trinajstić information content (AvgIpc) is 2.33. The molecule has 2 rings (SSSR count). The topological polar surface area (TPSA) is 25.8 Å².